The van der Waals surface area contributed by atoms with E-state index >= 15 is 0 Å². The molecule has 0 aliphatic carbocycles. The highest BCUT2D eigenvalue weighted by Crippen LogP contribution is 2.18. The molecule has 25 heavy (non-hydrogen) atoms. The summed E-state index contributed by atoms with van der Waals surface area (Å²) in [4.78, 5) is 12.1. The van der Waals surface area contributed by atoms with Crippen LogP contribution in [0.4, 0.5) is 4.39 Å². The van der Waals surface area contributed by atoms with Crippen molar-refractivity contribution < 1.29 is 18.3 Å². The van der Waals surface area contributed by atoms with Crippen LogP contribution < -0.4 is 10.1 Å². The minimum absolute atomic E-state index is 0.0949. The summed E-state index contributed by atoms with van der Waals surface area (Å²) in [6.45, 7) is 0.406. The molecular weight excluding hydrogens is 325 g/mol. The summed E-state index contributed by atoms with van der Waals surface area (Å²) in [5.41, 5.74) is 1.45. The van der Waals surface area contributed by atoms with Gasteiger partial charge in [0.2, 0.25) is 5.89 Å². The van der Waals surface area contributed by atoms with E-state index < -0.39 is 11.7 Å². The zero-order valence-corrected chi connectivity index (χ0v) is 13.5. The van der Waals surface area contributed by atoms with Crippen molar-refractivity contribution in [2.75, 3.05) is 13.7 Å². The third-order valence-electron chi connectivity index (χ3n) is 3.52. The van der Waals surface area contributed by atoms with Crippen LogP contribution in [0.15, 0.2) is 52.9 Å². The number of rotatable bonds is 6. The molecule has 0 aliphatic rings. The summed E-state index contributed by atoms with van der Waals surface area (Å²) >= 11 is 0. The molecule has 1 N–H and O–H groups in total. The highest BCUT2D eigenvalue weighted by Gasteiger charge is 2.15. The van der Waals surface area contributed by atoms with Gasteiger partial charge in [0.25, 0.3) is 0 Å². The molecule has 128 valence electrons. The Morgan fingerprint density at radius 3 is 2.84 bits per heavy atom. The number of aromatic nitrogens is 2. The summed E-state index contributed by atoms with van der Waals surface area (Å²) in [5.74, 6) is -0.194. The molecule has 0 bridgehead atoms. The normalized spacial score (nSPS) is 10.5. The Morgan fingerprint density at radius 1 is 1.20 bits per heavy atom. The maximum absolute atomic E-state index is 13.2. The fourth-order valence-electron chi connectivity index (χ4n) is 2.28. The highest BCUT2D eigenvalue weighted by atomic mass is 19.1. The molecule has 0 spiro atoms. The van der Waals surface area contributed by atoms with Crippen LogP contribution in [0.5, 0.6) is 5.75 Å². The van der Waals surface area contributed by atoms with Crippen molar-refractivity contribution in [1.29, 1.82) is 0 Å². The zero-order chi connectivity index (χ0) is 17.6. The molecule has 7 heteroatoms. The molecule has 0 saturated carbocycles. The first-order chi connectivity index (χ1) is 12.2. The lowest BCUT2D eigenvalue weighted by atomic mass is 10.1. The van der Waals surface area contributed by atoms with E-state index in [1.807, 2.05) is 24.3 Å². The summed E-state index contributed by atoms with van der Waals surface area (Å²) < 4.78 is 23.7. The smallest absolute Gasteiger partial charge is 0.308 e. The monoisotopic (exact) mass is 341 g/mol. The van der Waals surface area contributed by atoms with Gasteiger partial charge in [-0.2, -0.15) is 0 Å². The third kappa shape index (κ3) is 4.20. The third-order valence-corrected chi connectivity index (χ3v) is 3.52. The van der Waals surface area contributed by atoms with Gasteiger partial charge in [-0.15, -0.1) is 10.2 Å². The van der Waals surface area contributed by atoms with Gasteiger partial charge in [0.05, 0.1) is 7.11 Å². The Hall–Kier alpha value is -3.22. The van der Waals surface area contributed by atoms with Crippen molar-refractivity contribution in [2.45, 2.75) is 6.42 Å². The van der Waals surface area contributed by atoms with Gasteiger partial charge < -0.3 is 14.5 Å². The Morgan fingerprint density at radius 2 is 2.04 bits per heavy atom. The molecule has 0 aliphatic heterocycles. The fraction of sp³-hybridized carbons (Fsp3) is 0.167. The van der Waals surface area contributed by atoms with Crippen LogP contribution in [-0.2, 0) is 6.42 Å². The summed E-state index contributed by atoms with van der Waals surface area (Å²) in [6.07, 6.45) is 0.633. The SMILES string of the molecule is COc1cccc(CCNC(=O)c2nnc(-c3cccc(F)c3)o2)c1. The van der Waals surface area contributed by atoms with E-state index in [9.17, 15) is 9.18 Å². The van der Waals surface area contributed by atoms with Gasteiger partial charge in [-0.3, -0.25) is 4.79 Å². The molecule has 3 aromatic rings. The minimum Gasteiger partial charge on any atom is -0.497 e. The number of carbonyl (C=O) groups is 1. The Bertz CT molecular complexity index is 879. The minimum atomic E-state index is -0.474. The molecule has 0 unspecified atom stereocenters. The van der Waals surface area contributed by atoms with Crippen molar-refractivity contribution in [2.24, 2.45) is 0 Å². The lowest BCUT2D eigenvalue weighted by Crippen LogP contribution is -2.26. The second-order valence-corrected chi connectivity index (χ2v) is 5.28. The Labute approximate surface area is 143 Å². The number of halogens is 1. The van der Waals surface area contributed by atoms with Gasteiger partial charge in [-0.05, 0) is 42.3 Å². The molecular formula is C18H16FN3O3. The van der Waals surface area contributed by atoms with Crippen molar-refractivity contribution in [3.8, 4) is 17.2 Å². The largest absolute Gasteiger partial charge is 0.497 e. The van der Waals surface area contributed by atoms with Gasteiger partial charge in [0.1, 0.15) is 11.6 Å². The molecule has 6 nitrogen and oxygen atoms in total. The quantitative estimate of drug-likeness (QED) is 0.746. The molecule has 3 rings (SSSR count). The number of methoxy groups -OCH3 is 1. The predicted octanol–water partition coefficient (Wildman–Crippen LogP) is 2.86. The molecule has 1 heterocycles. The van der Waals surface area contributed by atoms with Crippen LogP contribution in [0.1, 0.15) is 16.2 Å². The second kappa shape index (κ2) is 7.57. The maximum atomic E-state index is 13.2. The van der Waals surface area contributed by atoms with E-state index in [2.05, 4.69) is 15.5 Å². The first kappa shape index (κ1) is 16.6. The number of benzene rings is 2. The van der Waals surface area contributed by atoms with E-state index in [0.717, 1.165) is 11.3 Å². The lowest BCUT2D eigenvalue weighted by Gasteiger charge is -2.05. The Balaban J connectivity index is 1.58. The summed E-state index contributed by atoms with van der Waals surface area (Å²) in [6, 6.07) is 13.3. The molecule has 0 fully saturated rings. The van der Waals surface area contributed by atoms with Gasteiger partial charge in [-0.1, -0.05) is 18.2 Å². The number of ether oxygens (including phenoxy) is 1. The van der Waals surface area contributed by atoms with Crippen LogP contribution in [-0.4, -0.2) is 29.8 Å². The topological polar surface area (TPSA) is 77.2 Å². The fourth-order valence-corrected chi connectivity index (χ4v) is 2.28. The number of hydrogen-bond donors (Lipinski definition) is 1. The van der Waals surface area contributed by atoms with E-state index in [-0.39, 0.29) is 11.8 Å². The van der Waals surface area contributed by atoms with Gasteiger partial charge in [0, 0.05) is 12.1 Å². The van der Waals surface area contributed by atoms with Crippen LogP contribution in [0.2, 0.25) is 0 Å². The number of carbonyl (C=O) groups excluding carboxylic acids is 1. The molecule has 1 amide bonds. The first-order valence-corrected chi connectivity index (χ1v) is 7.66. The van der Waals surface area contributed by atoms with Gasteiger partial charge in [-0.25, -0.2) is 4.39 Å². The summed E-state index contributed by atoms with van der Waals surface area (Å²) in [5, 5.41) is 10.2. The molecule has 1 aromatic heterocycles. The van der Waals surface area contributed by atoms with Crippen molar-refractivity contribution in [3.63, 3.8) is 0 Å². The van der Waals surface area contributed by atoms with Crippen LogP contribution in [0.3, 0.4) is 0 Å². The van der Waals surface area contributed by atoms with E-state index in [0.29, 0.717) is 18.5 Å². The first-order valence-electron chi connectivity index (χ1n) is 7.66. The predicted molar refractivity (Wildman–Crippen MR) is 88.7 cm³/mol. The number of amides is 1. The van der Waals surface area contributed by atoms with Crippen molar-refractivity contribution in [3.05, 3.63) is 65.8 Å². The van der Waals surface area contributed by atoms with Crippen LogP contribution in [0.25, 0.3) is 11.5 Å². The average molecular weight is 341 g/mol. The van der Waals surface area contributed by atoms with Crippen molar-refractivity contribution >= 4 is 5.91 Å². The molecule has 2 aromatic carbocycles. The van der Waals surface area contributed by atoms with E-state index in [1.165, 1.54) is 18.2 Å². The summed E-state index contributed by atoms with van der Waals surface area (Å²) in [7, 11) is 1.60. The zero-order valence-electron chi connectivity index (χ0n) is 13.5. The number of nitrogens with one attached hydrogen (secondary N) is 1. The Kier molecular flexibility index (Phi) is 5.03. The van der Waals surface area contributed by atoms with Crippen molar-refractivity contribution in [1.82, 2.24) is 15.5 Å². The van der Waals surface area contributed by atoms with E-state index in [4.69, 9.17) is 9.15 Å². The lowest BCUT2D eigenvalue weighted by molar-refractivity contribution is 0.0920. The second-order valence-electron chi connectivity index (χ2n) is 5.28. The number of hydrogen-bond acceptors (Lipinski definition) is 5. The van der Waals surface area contributed by atoms with Crippen LogP contribution in [0, 0.1) is 5.82 Å². The number of nitrogens with zero attached hydrogens (tertiary/aromatic N) is 2. The maximum Gasteiger partial charge on any atom is 0.308 e. The molecule has 0 atom stereocenters. The molecule has 0 saturated heterocycles. The van der Waals surface area contributed by atoms with E-state index in [1.54, 1.807) is 13.2 Å². The van der Waals surface area contributed by atoms with Gasteiger partial charge >= 0.3 is 11.8 Å². The van der Waals surface area contributed by atoms with Gasteiger partial charge in [0.15, 0.2) is 0 Å². The highest BCUT2D eigenvalue weighted by molar-refractivity contribution is 5.89. The molecule has 0 radical (unpaired) electrons. The van der Waals surface area contributed by atoms with Crippen LogP contribution >= 0.6 is 0 Å². The average Bonchev–Trinajstić information content (AvgIpc) is 3.12. The standard InChI is InChI=1S/C18H16FN3O3/c1-24-15-7-2-4-12(10-15)8-9-20-16(23)18-22-21-17(25-18)13-5-3-6-14(19)11-13/h2-7,10-11H,8-9H2,1H3,(H,20,23).